The van der Waals surface area contributed by atoms with E-state index in [4.69, 9.17) is 17.0 Å². The monoisotopic (exact) mass is 420 g/mol. The summed E-state index contributed by atoms with van der Waals surface area (Å²) in [4.78, 5) is 15.4. The summed E-state index contributed by atoms with van der Waals surface area (Å²) in [7, 11) is 0. The Balaban J connectivity index is 1.55. The highest BCUT2D eigenvalue weighted by atomic mass is 35.5. The molecule has 1 saturated heterocycles. The number of carbonyl (C=O) groups excluding carboxylic acids is 1. The van der Waals surface area contributed by atoms with Crippen molar-refractivity contribution in [2.75, 3.05) is 0 Å². The molecule has 3 nitrogen and oxygen atoms in total. The Morgan fingerprint density at radius 1 is 1.10 bits per heavy atom. The third-order valence-corrected chi connectivity index (χ3v) is 7.10. The molecule has 1 N–H and O–H groups in total. The lowest BCUT2D eigenvalue weighted by Gasteiger charge is -2.28. The quantitative estimate of drug-likeness (QED) is 0.530. The fraction of sp³-hybridized carbons (Fsp3) is 0.250. The van der Waals surface area contributed by atoms with Crippen LogP contribution in [0.4, 0.5) is 0 Å². The molecule has 29 heavy (non-hydrogen) atoms. The molecule has 146 valence electrons. The summed E-state index contributed by atoms with van der Waals surface area (Å²) in [6, 6.07) is 18.1. The molecule has 0 spiro atoms. The van der Waals surface area contributed by atoms with Gasteiger partial charge in [-0.25, -0.2) is 0 Å². The summed E-state index contributed by atoms with van der Waals surface area (Å²) >= 11 is 7.81. The predicted molar refractivity (Wildman–Crippen MR) is 119 cm³/mol. The molecular weight excluding hydrogens is 400 g/mol. The number of likely N-dealkylation sites (tertiary alicyclic amines) is 1. The standard InChI is InChI=1S/C24H21ClN2OS/c25-21-6-2-4-18(12-21)17-3-1-5-20(11-17)24(19-7-8-19)13-22(26)27(23(24)28)14-16-9-10-29-15-16/h1-6,9-12,15,19,26H,7-8,13-14H2. The lowest BCUT2D eigenvalue weighted by molar-refractivity contribution is -0.132. The van der Waals surface area contributed by atoms with Gasteiger partial charge in [-0.05, 0) is 70.0 Å². The molecule has 2 aromatic carbocycles. The fourth-order valence-corrected chi connectivity index (χ4v) is 5.38. The molecular formula is C24H21ClN2OS. The molecule has 5 rings (SSSR count). The van der Waals surface area contributed by atoms with Crippen LogP contribution >= 0.6 is 22.9 Å². The molecule has 2 aliphatic rings. The third-order valence-electron chi connectivity index (χ3n) is 6.13. The number of carbonyl (C=O) groups is 1. The molecule has 0 radical (unpaired) electrons. The zero-order chi connectivity index (χ0) is 20.0. The number of nitrogens with one attached hydrogen (secondary N) is 1. The molecule has 1 atom stereocenters. The maximum atomic E-state index is 13.7. The first-order valence-corrected chi connectivity index (χ1v) is 11.2. The molecule has 1 aliphatic carbocycles. The van der Waals surface area contributed by atoms with E-state index in [1.54, 1.807) is 16.2 Å². The first-order valence-electron chi connectivity index (χ1n) is 9.85. The van der Waals surface area contributed by atoms with Crippen LogP contribution in [0.3, 0.4) is 0 Å². The highest BCUT2D eigenvalue weighted by molar-refractivity contribution is 7.07. The molecule has 1 saturated carbocycles. The number of rotatable bonds is 5. The van der Waals surface area contributed by atoms with Crippen LogP contribution in [0, 0.1) is 11.3 Å². The second kappa shape index (κ2) is 7.12. The lowest BCUT2D eigenvalue weighted by Crippen LogP contribution is -2.39. The van der Waals surface area contributed by atoms with Gasteiger partial charge in [0.15, 0.2) is 0 Å². The number of amidine groups is 1. The van der Waals surface area contributed by atoms with Crippen LogP contribution in [0.5, 0.6) is 0 Å². The van der Waals surface area contributed by atoms with Gasteiger partial charge in [-0.15, -0.1) is 0 Å². The van der Waals surface area contributed by atoms with E-state index in [-0.39, 0.29) is 5.91 Å². The van der Waals surface area contributed by atoms with Crippen molar-refractivity contribution in [3.63, 3.8) is 0 Å². The van der Waals surface area contributed by atoms with Crippen molar-refractivity contribution < 1.29 is 4.79 Å². The fourth-order valence-electron chi connectivity index (χ4n) is 4.53. The molecule has 5 heteroatoms. The van der Waals surface area contributed by atoms with Crippen LogP contribution in [-0.4, -0.2) is 16.6 Å². The Kier molecular flexibility index (Phi) is 4.56. The molecule has 1 aliphatic heterocycles. The summed E-state index contributed by atoms with van der Waals surface area (Å²) in [5.41, 5.74) is 3.61. The first kappa shape index (κ1) is 18.6. The molecule has 1 aromatic heterocycles. The maximum Gasteiger partial charge on any atom is 0.239 e. The summed E-state index contributed by atoms with van der Waals surface area (Å²) < 4.78 is 0. The molecule has 0 bridgehead atoms. The van der Waals surface area contributed by atoms with Crippen molar-refractivity contribution >= 4 is 34.7 Å². The summed E-state index contributed by atoms with van der Waals surface area (Å²) in [6.07, 6.45) is 2.58. The van der Waals surface area contributed by atoms with Crippen molar-refractivity contribution in [3.05, 3.63) is 81.5 Å². The van der Waals surface area contributed by atoms with Crippen LogP contribution in [0.2, 0.25) is 5.02 Å². The Morgan fingerprint density at radius 2 is 1.86 bits per heavy atom. The Bertz CT molecular complexity index is 1090. The van der Waals surface area contributed by atoms with Crippen molar-refractivity contribution in [1.82, 2.24) is 4.90 Å². The number of nitrogens with zero attached hydrogens (tertiary/aromatic N) is 1. The van der Waals surface area contributed by atoms with E-state index in [1.807, 2.05) is 41.8 Å². The molecule has 2 fully saturated rings. The summed E-state index contributed by atoms with van der Waals surface area (Å²) in [5, 5.41) is 13.4. The molecule has 3 aromatic rings. The van der Waals surface area contributed by atoms with Gasteiger partial charge in [-0.1, -0.05) is 48.0 Å². The first-order chi connectivity index (χ1) is 14.1. The minimum atomic E-state index is -0.609. The molecule has 1 amide bonds. The zero-order valence-corrected chi connectivity index (χ0v) is 17.5. The van der Waals surface area contributed by atoms with Gasteiger partial charge in [0.05, 0.1) is 12.0 Å². The third kappa shape index (κ3) is 3.21. The number of halogens is 1. The number of amides is 1. The Hall–Kier alpha value is -2.43. The minimum Gasteiger partial charge on any atom is -0.295 e. The summed E-state index contributed by atoms with van der Waals surface area (Å²) in [5.74, 6) is 0.832. The summed E-state index contributed by atoms with van der Waals surface area (Å²) in [6.45, 7) is 0.490. The van der Waals surface area contributed by atoms with E-state index >= 15 is 0 Å². The van der Waals surface area contributed by atoms with Gasteiger partial charge in [0, 0.05) is 11.4 Å². The SMILES string of the molecule is N=C1CC(c2cccc(-c3cccc(Cl)c3)c2)(C2CC2)C(=O)N1Cc1ccsc1. The van der Waals surface area contributed by atoms with Crippen LogP contribution in [0.1, 0.15) is 30.4 Å². The van der Waals surface area contributed by atoms with Gasteiger partial charge in [0.1, 0.15) is 5.84 Å². The molecule has 1 unspecified atom stereocenters. The van der Waals surface area contributed by atoms with Gasteiger partial charge in [0.2, 0.25) is 5.91 Å². The van der Waals surface area contributed by atoms with Gasteiger partial charge >= 0.3 is 0 Å². The van der Waals surface area contributed by atoms with Crippen LogP contribution < -0.4 is 0 Å². The van der Waals surface area contributed by atoms with E-state index in [1.165, 1.54) is 0 Å². The van der Waals surface area contributed by atoms with Gasteiger partial charge < -0.3 is 0 Å². The Labute approximate surface area is 179 Å². The highest BCUT2D eigenvalue weighted by Gasteiger charge is 2.58. The second-order valence-corrected chi connectivity index (χ2v) is 9.20. The van der Waals surface area contributed by atoms with E-state index < -0.39 is 5.41 Å². The zero-order valence-electron chi connectivity index (χ0n) is 15.9. The number of thiophene rings is 1. The average molecular weight is 421 g/mol. The van der Waals surface area contributed by atoms with Crippen molar-refractivity contribution in [3.8, 4) is 11.1 Å². The van der Waals surface area contributed by atoms with Crippen LogP contribution in [0.25, 0.3) is 11.1 Å². The number of hydrogen-bond acceptors (Lipinski definition) is 3. The second-order valence-electron chi connectivity index (χ2n) is 7.98. The van der Waals surface area contributed by atoms with E-state index in [0.717, 1.165) is 35.1 Å². The average Bonchev–Trinajstić information content (AvgIpc) is 3.39. The van der Waals surface area contributed by atoms with Gasteiger partial charge in [-0.2, -0.15) is 11.3 Å². The van der Waals surface area contributed by atoms with Crippen LogP contribution in [0.15, 0.2) is 65.4 Å². The van der Waals surface area contributed by atoms with Gasteiger partial charge in [0.25, 0.3) is 0 Å². The highest BCUT2D eigenvalue weighted by Crippen LogP contribution is 2.54. The van der Waals surface area contributed by atoms with Crippen molar-refractivity contribution in [1.29, 1.82) is 5.41 Å². The van der Waals surface area contributed by atoms with E-state index in [9.17, 15) is 4.79 Å². The smallest absolute Gasteiger partial charge is 0.239 e. The molecule has 2 heterocycles. The van der Waals surface area contributed by atoms with E-state index in [0.29, 0.717) is 29.7 Å². The number of hydrogen-bond donors (Lipinski definition) is 1. The predicted octanol–water partition coefficient (Wildman–Crippen LogP) is 6.13. The largest absolute Gasteiger partial charge is 0.295 e. The van der Waals surface area contributed by atoms with E-state index in [2.05, 4.69) is 23.6 Å². The van der Waals surface area contributed by atoms with Crippen molar-refractivity contribution in [2.24, 2.45) is 5.92 Å². The maximum absolute atomic E-state index is 13.7. The number of benzene rings is 2. The minimum absolute atomic E-state index is 0.0828. The Morgan fingerprint density at radius 3 is 2.55 bits per heavy atom. The van der Waals surface area contributed by atoms with Gasteiger partial charge in [-0.3, -0.25) is 15.1 Å². The lowest BCUT2D eigenvalue weighted by atomic mass is 9.73. The van der Waals surface area contributed by atoms with Crippen LogP contribution in [-0.2, 0) is 16.8 Å². The topological polar surface area (TPSA) is 44.2 Å². The normalized spacial score (nSPS) is 21.8. The van der Waals surface area contributed by atoms with Crippen molar-refractivity contribution in [2.45, 2.75) is 31.2 Å².